The van der Waals surface area contributed by atoms with E-state index >= 15 is 0 Å². The van der Waals surface area contributed by atoms with Gasteiger partial charge >= 0.3 is 0 Å². The average molecular weight is 345 g/mol. The zero-order valence-corrected chi connectivity index (χ0v) is 11.7. The Morgan fingerprint density at radius 2 is 2.39 bits per heavy atom. The fraction of sp³-hybridized carbons (Fsp3) is 0.684. The van der Waals surface area contributed by atoms with Gasteiger partial charge in [-0.2, -0.15) is 0 Å². The molecule has 0 spiro atoms. The van der Waals surface area contributed by atoms with Crippen LogP contribution in [0.15, 0.2) is 12.1 Å². The zero-order chi connectivity index (χ0) is 38.5. The quantitative estimate of drug-likeness (QED) is 0.911. The number of hydrogen-bond acceptors (Lipinski definition) is 4. The third kappa shape index (κ3) is 3.20. The molecule has 0 amide bonds. The number of benzene rings is 1. The van der Waals surface area contributed by atoms with Crippen molar-refractivity contribution in [2.24, 2.45) is 11.8 Å². The number of aliphatic hydroxyl groups is 1. The van der Waals surface area contributed by atoms with Crippen molar-refractivity contribution in [1.82, 2.24) is 4.90 Å². The minimum atomic E-state index is -5.01. The highest BCUT2D eigenvalue weighted by molar-refractivity contribution is 5.49. The van der Waals surface area contributed by atoms with Crippen LogP contribution in [-0.4, -0.2) is 43.2 Å². The van der Waals surface area contributed by atoms with Gasteiger partial charge in [0.1, 0.15) is 0 Å². The van der Waals surface area contributed by atoms with E-state index in [1.54, 1.807) is 0 Å². The molecule has 0 saturated carbocycles. The highest BCUT2D eigenvalue weighted by Crippen LogP contribution is 2.43. The second kappa shape index (κ2) is 6.70. The van der Waals surface area contributed by atoms with Crippen LogP contribution in [0.3, 0.4) is 0 Å². The Bertz CT molecular complexity index is 1480. The van der Waals surface area contributed by atoms with E-state index in [2.05, 4.69) is 4.74 Å². The van der Waals surface area contributed by atoms with E-state index < -0.39 is 116 Å². The maximum absolute atomic E-state index is 11.6. The minimum Gasteiger partial charge on any atom is -0.493 e. The summed E-state index contributed by atoms with van der Waals surface area (Å²) >= 11 is 0. The Balaban J connectivity index is 2.73. The van der Waals surface area contributed by atoms with Gasteiger partial charge in [-0.05, 0) is 54.1 Å². The Hall–Kier alpha value is -1.26. The Morgan fingerprint density at radius 3 is 3.13 bits per heavy atom. The standard InChI is InChI=1S/C19H29NO3/c1-12(2)7-14-11-20-6-5-13-8-18(22-3)19(23-4)9-15(13)16(20)10-17(14)21/h8-9,12,14,16-17,21H,5-7,10-11H2,1-4H3/i1D3,2D3,3D3,5D2,6D2,7D2,8D,9D,10D2,11D2,12D,14D,16D,17D. The molecule has 1 aromatic rings. The Labute approximate surface area is 174 Å². The van der Waals surface area contributed by atoms with Crippen LogP contribution in [0.25, 0.3) is 0 Å². The van der Waals surface area contributed by atoms with E-state index in [0.717, 1.165) is 7.11 Å². The summed E-state index contributed by atoms with van der Waals surface area (Å²) in [6.07, 6.45) is -18.6. The molecule has 2 aliphatic heterocycles. The third-order valence-electron chi connectivity index (χ3n) is 2.94. The van der Waals surface area contributed by atoms with Gasteiger partial charge in [-0.25, -0.2) is 0 Å². The molecule has 1 N–H and O–H groups in total. The molecule has 4 nitrogen and oxygen atoms in total. The lowest BCUT2D eigenvalue weighted by Gasteiger charge is -2.46. The number of hydrogen-bond donors (Lipinski definition) is 1. The van der Waals surface area contributed by atoms with Gasteiger partial charge in [-0.1, -0.05) is 13.7 Å². The monoisotopic (exact) mass is 344 g/mol. The Kier molecular flexibility index (Phi) is 1.15. The number of ether oxygens (including phenoxy) is 2. The predicted molar refractivity (Wildman–Crippen MR) is 91.1 cm³/mol. The van der Waals surface area contributed by atoms with Crippen LogP contribution in [0.2, 0.25) is 0 Å². The first kappa shape index (κ1) is 3.94. The molecule has 0 radical (unpaired) electrons. The van der Waals surface area contributed by atoms with Gasteiger partial charge in [-0.15, -0.1) is 0 Å². The third-order valence-corrected chi connectivity index (χ3v) is 2.94. The van der Waals surface area contributed by atoms with Crippen LogP contribution in [0, 0.1) is 11.8 Å². The summed E-state index contributed by atoms with van der Waals surface area (Å²) in [5.41, 5.74) is -3.13. The lowest BCUT2D eigenvalue weighted by molar-refractivity contribution is -0.0191. The number of rotatable bonds is 4. The first-order valence-electron chi connectivity index (χ1n) is 18.7. The first-order valence-corrected chi connectivity index (χ1v) is 6.17. The smallest absolute Gasteiger partial charge is 0.161 e. The molecule has 3 atom stereocenters. The van der Waals surface area contributed by atoms with Crippen molar-refractivity contribution in [1.29, 1.82) is 0 Å². The van der Waals surface area contributed by atoms with E-state index in [4.69, 9.17) is 37.6 Å². The minimum absolute atomic E-state index is 0.743. The van der Waals surface area contributed by atoms with Gasteiger partial charge in [-0.3, -0.25) is 4.90 Å². The molecule has 0 bridgehead atoms. The molecule has 1 fully saturated rings. The maximum atomic E-state index is 11.6. The lowest BCUT2D eigenvalue weighted by atomic mass is 9.79. The highest BCUT2D eigenvalue weighted by Gasteiger charge is 2.38. The van der Waals surface area contributed by atoms with E-state index in [1.807, 2.05) is 0 Å². The molecule has 2 heterocycles. The summed E-state index contributed by atoms with van der Waals surface area (Å²) in [7, 11) is -2.70. The van der Waals surface area contributed by atoms with Crippen LogP contribution in [-0.2, 0) is 6.37 Å². The van der Waals surface area contributed by atoms with Gasteiger partial charge in [0.15, 0.2) is 11.5 Å². The van der Waals surface area contributed by atoms with Gasteiger partial charge in [0.2, 0.25) is 0 Å². The molecule has 128 valence electrons. The molecule has 4 heteroatoms. The SMILES string of the molecule is [2H]c1c(OC([2H])([2H])[2H])c(OC)c([2H])c2c1C([2H])([2H])C([2H])([2H])N1C([2H])([2H])C([2H])(C([2H])([2H])C([2H])(C([2H])([2H])[2H])C([2H])([2H])[2H])C([2H])(O)C([2H])([2H])C21[2H]. The first-order chi connectivity index (χ1) is 20.7. The van der Waals surface area contributed by atoms with Crippen molar-refractivity contribution in [3.8, 4) is 11.5 Å². The van der Waals surface area contributed by atoms with Gasteiger partial charge in [0, 0.05) is 43.7 Å². The molecule has 1 saturated heterocycles. The molecule has 3 unspecified atom stereocenters. The summed E-state index contributed by atoms with van der Waals surface area (Å²) in [6, 6.07) is -7.22. The van der Waals surface area contributed by atoms with Gasteiger partial charge < -0.3 is 14.6 Å². The van der Waals surface area contributed by atoms with E-state index in [1.165, 1.54) is 0 Å². The van der Waals surface area contributed by atoms with Crippen LogP contribution < -0.4 is 9.47 Å². The van der Waals surface area contributed by atoms with E-state index in [0.29, 0.717) is 0 Å². The molecular formula is C19H29NO3. The molecule has 3 rings (SSSR count). The lowest BCUT2D eigenvalue weighted by Crippen LogP contribution is -2.48. The van der Waals surface area contributed by atoms with Crippen molar-refractivity contribution < 1.29 is 48.8 Å². The topological polar surface area (TPSA) is 41.9 Å². The molecule has 1 aromatic carbocycles. The van der Waals surface area contributed by atoms with E-state index in [9.17, 15) is 6.48 Å². The van der Waals surface area contributed by atoms with Crippen molar-refractivity contribution >= 4 is 0 Å². The van der Waals surface area contributed by atoms with Crippen LogP contribution >= 0.6 is 0 Å². The Morgan fingerprint density at radius 1 is 1.57 bits per heavy atom. The van der Waals surface area contributed by atoms with Crippen LogP contribution in [0.1, 0.15) is 77.9 Å². The van der Waals surface area contributed by atoms with Crippen LogP contribution in [0.4, 0.5) is 0 Å². The summed E-state index contributed by atoms with van der Waals surface area (Å²) in [6.45, 7) is -17.9. The summed E-state index contributed by atoms with van der Waals surface area (Å²) in [5, 5.41) is 11.6. The average Bonchev–Trinajstić information content (AvgIpc) is 2.84. The van der Waals surface area contributed by atoms with Crippen molar-refractivity contribution in [3.63, 3.8) is 0 Å². The van der Waals surface area contributed by atoms with Crippen molar-refractivity contribution in [2.45, 2.75) is 44.9 Å². The number of nitrogens with zero attached hydrogens (tertiary/aromatic N) is 1. The van der Waals surface area contributed by atoms with E-state index in [-0.39, 0.29) is 0 Å². The zero-order valence-electron chi connectivity index (χ0n) is 36.7. The molecule has 0 aliphatic carbocycles. The fourth-order valence-electron chi connectivity index (χ4n) is 1.99. The molecular weight excluding hydrogens is 290 g/mol. The van der Waals surface area contributed by atoms with Gasteiger partial charge in [0.25, 0.3) is 0 Å². The number of fused-ring (bicyclic) bond motifs is 3. The van der Waals surface area contributed by atoms with Crippen molar-refractivity contribution in [2.75, 3.05) is 27.1 Å². The number of methoxy groups -OCH3 is 2. The highest BCUT2D eigenvalue weighted by atomic mass is 16.5. The molecule has 2 aliphatic rings. The second-order valence-electron chi connectivity index (χ2n) is 4.35. The van der Waals surface area contributed by atoms with Crippen LogP contribution in [0.5, 0.6) is 11.5 Å². The number of piperidine rings is 1. The summed E-state index contributed by atoms with van der Waals surface area (Å²) in [4.78, 5) is -0.857. The summed E-state index contributed by atoms with van der Waals surface area (Å²) < 4.78 is 218. The normalized spacial score (nSPS) is 64.5. The molecule has 23 heavy (non-hydrogen) atoms. The largest absolute Gasteiger partial charge is 0.493 e. The van der Waals surface area contributed by atoms with Crippen molar-refractivity contribution in [3.05, 3.63) is 23.2 Å². The fourth-order valence-corrected chi connectivity index (χ4v) is 1.99. The van der Waals surface area contributed by atoms with Gasteiger partial charge in [0.05, 0.1) is 29.8 Å². The second-order valence-corrected chi connectivity index (χ2v) is 4.35. The molecule has 0 aromatic heterocycles. The maximum Gasteiger partial charge on any atom is 0.161 e. The summed E-state index contributed by atoms with van der Waals surface area (Å²) in [5.74, 6) is -12.1. The predicted octanol–water partition coefficient (Wildman–Crippen LogP) is 3.03.